The minimum Gasteiger partial charge on any atom is -0.300 e. The summed E-state index contributed by atoms with van der Waals surface area (Å²) in [5.74, 6) is 1.95. The number of hydrogen-bond donors (Lipinski definition) is 0. The third-order valence-electron chi connectivity index (χ3n) is 7.31. The van der Waals surface area contributed by atoms with E-state index in [1.54, 1.807) is 0 Å². The zero-order chi connectivity index (χ0) is 26.6. The number of aryl methyl sites for hydroxylation is 2. The molecule has 190 valence electrons. The van der Waals surface area contributed by atoms with Crippen molar-refractivity contribution in [2.75, 3.05) is 4.90 Å². The van der Waals surface area contributed by atoms with Crippen LogP contribution in [0, 0.1) is 13.8 Å². The van der Waals surface area contributed by atoms with Gasteiger partial charge in [-0.15, -0.1) is 0 Å². The molecule has 0 radical (unpaired) electrons. The molecule has 0 aromatic heterocycles. The minimum atomic E-state index is 0.731. The summed E-state index contributed by atoms with van der Waals surface area (Å²) in [5.41, 5.74) is 9.58. The highest BCUT2D eigenvalue weighted by Gasteiger charge is 2.36. The Hall–Kier alpha value is -4.76. The summed E-state index contributed by atoms with van der Waals surface area (Å²) >= 11 is 0. The predicted octanol–water partition coefficient (Wildman–Crippen LogP) is 8.06. The number of hydrogen-bond acceptors (Lipinski definition) is 1. The van der Waals surface area contributed by atoms with Gasteiger partial charge < -0.3 is 4.90 Å². The highest BCUT2D eigenvalue weighted by Crippen LogP contribution is 2.31. The third-order valence-corrected chi connectivity index (χ3v) is 7.31. The van der Waals surface area contributed by atoms with Gasteiger partial charge in [0.15, 0.2) is 0 Å². The molecule has 0 saturated carbocycles. The van der Waals surface area contributed by atoms with Crippen LogP contribution in [0.5, 0.6) is 0 Å². The highest BCUT2D eigenvalue weighted by atomic mass is 15.2. The number of nitrogens with zero attached hydrogens (tertiary/aromatic N) is 3. The van der Waals surface area contributed by atoms with Gasteiger partial charge in [-0.25, -0.2) is 4.58 Å². The number of rotatable bonds is 6. The quantitative estimate of drug-likeness (QED) is 0.213. The first-order valence-corrected chi connectivity index (χ1v) is 13.5. The number of benzene rings is 5. The van der Waals surface area contributed by atoms with Crippen LogP contribution in [0.3, 0.4) is 0 Å². The maximum atomic E-state index is 5.47. The molecule has 1 aliphatic heterocycles. The average Bonchev–Trinajstić information content (AvgIpc) is 3.36. The van der Waals surface area contributed by atoms with E-state index in [9.17, 15) is 0 Å². The first-order valence-electron chi connectivity index (χ1n) is 13.5. The van der Waals surface area contributed by atoms with Crippen molar-refractivity contribution >= 4 is 23.0 Å². The first kappa shape index (κ1) is 24.6. The maximum Gasteiger partial charge on any atom is 0.334 e. The molecular weight excluding hydrogens is 474 g/mol. The normalized spacial score (nSPS) is 13.5. The zero-order valence-electron chi connectivity index (χ0n) is 22.5. The number of aliphatic imine (C=N–C) groups is 1. The maximum absolute atomic E-state index is 5.47. The van der Waals surface area contributed by atoms with Crippen LogP contribution in [0.15, 0.2) is 138 Å². The van der Waals surface area contributed by atoms with Crippen molar-refractivity contribution in [3.8, 4) is 0 Å². The summed E-state index contributed by atoms with van der Waals surface area (Å²) in [6.45, 7) is 5.81. The highest BCUT2D eigenvalue weighted by molar-refractivity contribution is 6.26. The van der Waals surface area contributed by atoms with Gasteiger partial charge in [-0.3, -0.25) is 0 Å². The summed E-state index contributed by atoms with van der Waals surface area (Å²) < 4.78 is 2.37. The van der Waals surface area contributed by atoms with Crippen LogP contribution in [0.1, 0.15) is 33.4 Å². The van der Waals surface area contributed by atoms with Gasteiger partial charge in [-0.2, -0.15) is 0 Å². The first-order chi connectivity index (χ1) is 19.2. The summed E-state index contributed by atoms with van der Waals surface area (Å²) in [5, 5.41) is 0. The number of anilines is 1. The molecular formula is C36H32N3+. The molecule has 0 atom stereocenters. The smallest absolute Gasteiger partial charge is 0.300 e. The molecule has 5 aromatic rings. The van der Waals surface area contributed by atoms with Gasteiger partial charge in [-0.05, 0) is 65.4 Å². The molecule has 0 amide bonds. The minimum absolute atomic E-state index is 0.731. The second-order valence-corrected chi connectivity index (χ2v) is 10.0. The third kappa shape index (κ3) is 5.04. The number of fused-ring (bicyclic) bond motifs is 1. The van der Waals surface area contributed by atoms with Gasteiger partial charge in [0.05, 0.1) is 17.7 Å². The van der Waals surface area contributed by atoms with Crippen molar-refractivity contribution in [1.29, 1.82) is 0 Å². The van der Waals surface area contributed by atoms with E-state index >= 15 is 0 Å². The standard InChI is InChI=1S/C36H32N3/c1-27-15-9-13-23-33(27)38(25-29-17-5-3-6-18-29)35-31-21-11-12-22-32(31)36(37-35)39(26-30-19-7-4-8-20-30)34-24-14-10-16-28(34)2/h3-24H,25-26H2,1-2H3/q+1. The van der Waals surface area contributed by atoms with Gasteiger partial charge in [0.1, 0.15) is 12.2 Å². The van der Waals surface area contributed by atoms with Crippen LogP contribution in [-0.2, 0) is 13.1 Å². The van der Waals surface area contributed by atoms with Crippen molar-refractivity contribution in [1.82, 2.24) is 0 Å². The Labute approximate surface area is 231 Å². The fourth-order valence-electron chi connectivity index (χ4n) is 5.32. The van der Waals surface area contributed by atoms with E-state index in [2.05, 4.69) is 157 Å². The van der Waals surface area contributed by atoms with Crippen LogP contribution in [-0.4, -0.2) is 16.2 Å². The lowest BCUT2D eigenvalue weighted by molar-refractivity contribution is -0.458. The Bertz CT molecular complexity index is 1670. The van der Waals surface area contributed by atoms with E-state index in [1.807, 2.05) is 0 Å². The molecule has 6 rings (SSSR count). The van der Waals surface area contributed by atoms with Crippen molar-refractivity contribution in [3.05, 3.63) is 167 Å². The van der Waals surface area contributed by atoms with E-state index in [0.29, 0.717) is 0 Å². The largest absolute Gasteiger partial charge is 0.334 e. The Kier molecular flexibility index (Phi) is 6.88. The van der Waals surface area contributed by atoms with Crippen LogP contribution < -0.4 is 4.90 Å². The van der Waals surface area contributed by atoms with Gasteiger partial charge >= 0.3 is 5.84 Å². The fraction of sp³-hybridized carbons (Fsp3) is 0.111. The lowest BCUT2D eigenvalue weighted by atomic mass is 10.0. The van der Waals surface area contributed by atoms with E-state index in [4.69, 9.17) is 4.99 Å². The van der Waals surface area contributed by atoms with Crippen LogP contribution in [0.25, 0.3) is 0 Å². The Morgan fingerprint density at radius 1 is 0.564 bits per heavy atom. The molecule has 0 fully saturated rings. The molecule has 0 spiro atoms. The second kappa shape index (κ2) is 10.9. The van der Waals surface area contributed by atoms with Crippen LogP contribution in [0.2, 0.25) is 0 Å². The molecule has 0 bridgehead atoms. The van der Waals surface area contributed by atoms with Gasteiger partial charge in [-0.1, -0.05) is 109 Å². The lowest BCUT2D eigenvalue weighted by Crippen LogP contribution is -2.31. The van der Waals surface area contributed by atoms with Crippen molar-refractivity contribution < 1.29 is 4.58 Å². The van der Waals surface area contributed by atoms with Crippen molar-refractivity contribution in [2.45, 2.75) is 26.9 Å². The molecule has 3 heteroatoms. The Morgan fingerprint density at radius 3 is 1.82 bits per heavy atom. The predicted molar refractivity (Wildman–Crippen MR) is 162 cm³/mol. The van der Waals surface area contributed by atoms with Crippen molar-refractivity contribution in [2.24, 2.45) is 4.99 Å². The van der Waals surface area contributed by atoms with Crippen LogP contribution >= 0.6 is 0 Å². The molecule has 5 aromatic carbocycles. The Morgan fingerprint density at radius 2 is 1.13 bits per heavy atom. The summed E-state index contributed by atoms with van der Waals surface area (Å²) in [6, 6.07) is 47.1. The van der Waals surface area contributed by atoms with Crippen LogP contribution in [0.4, 0.5) is 11.4 Å². The zero-order valence-corrected chi connectivity index (χ0v) is 22.5. The lowest BCUT2D eigenvalue weighted by Gasteiger charge is -2.24. The summed E-state index contributed by atoms with van der Waals surface area (Å²) in [7, 11) is 0. The van der Waals surface area contributed by atoms with Gasteiger partial charge in [0.2, 0.25) is 0 Å². The average molecular weight is 507 g/mol. The molecule has 1 heterocycles. The van der Waals surface area contributed by atoms with E-state index in [0.717, 1.165) is 35.9 Å². The second-order valence-electron chi connectivity index (χ2n) is 10.0. The van der Waals surface area contributed by atoms with Crippen molar-refractivity contribution in [3.63, 3.8) is 0 Å². The summed E-state index contributed by atoms with van der Waals surface area (Å²) in [4.78, 5) is 7.84. The Balaban J connectivity index is 1.58. The van der Waals surface area contributed by atoms with E-state index < -0.39 is 0 Å². The van der Waals surface area contributed by atoms with Gasteiger partial charge in [0, 0.05) is 5.69 Å². The number of para-hydroxylation sites is 2. The SMILES string of the molecule is Cc1ccccc1N(Cc1ccccc1)C1=NC(=[N+](Cc2ccccc2)c2ccccc2C)c2ccccc21. The molecule has 0 saturated heterocycles. The molecule has 0 N–H and O–H groups in total. The molecule has 3 nitrogen and oxygen atoms in total. The topological polar surface area (TPSA) is 18.6 Å². The van der Waals surface area contributed by atoms with E-state index in [1.165, 1.54) is 33.6 Å². The number of amidine groups is 2. The van der Waals surface area contributed by atoms with Gasteiger partial charge in [0.25, 0.3) is 5.84 Å². The molecule has 0 unspecified atom stereocenters. The van der Waals surface area contributed by atoms with E-state index in [-0.39, 0.29) is 0 Å². The summed E-state index contributed by atoms with van der Waals surface area (Å²) in [6.07, 6.45) is 0. The monoisotopic (exact) mass is 506 g/mol. The fourth-order valence-corrected chi connectivity index (χ4v) is 5.32. The molecule has 1 aliphatic rings. The molecule has 39 heavy (non-hydrogen) atoms. The molecule has 0 aliphatic carbocycles.